The van der Waals surface area contributed by atoms with Crippen LogP contribution in [0.15, 0.2) is 12.4 Å². The molecule has 0 spiro atoms. The third-order valence-electron chi connectivity index (χ3n) is 0.295. The monoisotopic (exact) mass is 71.0 g/mol. The highest BCUT2D eigenvalue weighted by molar-refractivity contribution is 4.54. The van der Waals surface area contributed by atoms with Crippen molar-refractivity contribution in [3.05, 3.63) is 12.4 Å². The van der Waals surface area contributed by atoms with Gasteiger partial charge in [-0.25, -0.2) is 0 Å². The smallest absolute Gasteiger partial charge is 0.0851 e. The lowest BCUT2D eigenvalue weighted by Crippen LogP contribution is -1.61. The Morgan fingerprint density at radius 2 is 3.00 bits per heavy atom. The molecule has 0 radical (unpaired) electrons. The quantitative estimate of drug-likeness (QED) is 0.460. The molecule has 26 valence electrons. The molecule has 0 atom stereocenters. The predicted octanol–water partition coefficient (Wildman–Crippen LogP) is -0.195. The third-order valence-corrected chi connectivity index (χ3v) is 0.295. The molecule has 1 aromatic rings. The first-order chi connectivity index (χ1) is 2.89. The average Bonchev–Trinajstić information content (AvgIpc) is 1.86. The van der Waals surface area contributed by atoms with E-state index in [1.54, 1.807) is 0 Å². The van der Waals surface area contributed by atoms with Gasteiger partial charge in [0.15, 0.2) is 0 Å². The number of rotatable bonds is 0. The Morgan fingerprint density at radius 3 is 3.20 bits per heavy atom. The summed E-state index contributed by atoms with van der Waals surface area (Å²) >= 11 is 0. The Balaban J connectivity index is 3.05. The van der Waals surface area contributed by atoms with E-state index < -0.39 is 0 Å². The first-order valence-electron chi connectivity index (χ1n) is 1.72. The van der Waals surface area contributed by atoms with Gasteiger partial charge >= 0.3 is 0 Å². The fourth-order valence-corrected chi connectivity index (χ4v) is 0.144. The summed E-state index contributed by atoms with van der Waals surface area (Å²) in [5.41, 5.74) is 0. The summed E-state index contributed by atoms with van der Waals surface area (Å²) in [5, 5.41) is 8.89. The van der Waals surface area contributed by atoms with Gasteiger partial charge in [-0.15, -0.1) is 5.10 Å². The predicted molar refractivity (Wildman–Crippen MR) is 16.4 cm³/mol. The molecule has 0 fully saturated rings. The van der Waals surface area contributed by atoms with Gasteiger partial charge in [0.2, 0.25) is 0 Å². The number of nitrogens with zero attached hydrogens (tertiary/aromatic N) is 2. The maximum absolute atomic E-state index is 6.69. The molecule has 0 saturated carbocycles. The molecule has 0 aromatic carbocycles. The highest BCUT2D eigenvalue weighted by atomic mass is 15.3. The number of hydrogen-bond donors (Lipinski definition) is 1. The second-order valence-corrected chi connectivity index (χ2v) is 0.601. The molecule has 0 unspecified atom stereocenters. The summed E-state index contributed by atoms with van der Waals surface area (Å²) in [4.78, 5) is 0. The molecule has 0 bridgehead atoms. The van der Waals surface area contributed by atoms with Crippen molar-refractivity contribution in [1.82, 2.24) is 15.4 Å². The zero-order valence-electron chi connectivity index (χ0n) is 3.47. The zero-order valence-corrected chi connectivity index (χ0v) is 2.47. The van der Waals surface area contributed by atoms with E-state index in [1.165, 1.54) is 6.20 Å². The molecule has 1 N–H and O–H groups in total. The van der Waals surface area contributed by atoms with Gasteiger partial charge in [-0.2, -0.15) is 0 Å². The van der Waals surface area contributed by atoms with Crippen molar-refractivity contribution >= 4 is 0 Å². The van der Waals surface area contributed by atoms with Crippen LogP contribution in [0.4, 0.5) is 0 Å². The Hall–Kier alpha value is -0.860. The molecule has 0 aliphatic rings. The van der Waals surface area contributed by atoms with Gasteiger partial charge in [0.1, 0.15) is 0 Å². The van der Waals surface area contributed by atoms with Crippen LogP contribution in [0.1, 0.15) is 1.37 Å². The van der Waals surface area contributed by atoms with E-state index in [-0.39, 0.29) is 6.17 Å². The maximum atomic E-state index is 6.69. The van der Waals surface area contributed by atoms with Crippen LogP contribution in [0.3, 0.4) is 0 Å². The molecule has 1 aromatic heterocycles. The van der Waals surface area contributed by atoms with Crippen LogP contribution in [0, 0.1) is 0 Å². The van der Waals surface area contributed by atoms with Crippen molar-refractivity contribution in [2.75, 3.05) is 0 Å². The normalized spacial score (nSPS) is 10.8. The minimum Gasteiger partial charge on any atom is -0.266 e. The fourth-order valence-electron chi connectivity index (χ4n) is 0.144. The van der Waals surface area contributed by atoms with Gasteiger partial charge in [-0.05, 0) is 0 Å². The lowest BCUT2D eigenvalue weighted by molar-refractivity contribution is 0.940. The standard InChI is InChI=1S/C2H3N3/c1-2-4-5-3-1/h1-2H,(H,3,4,5)/i1T. The Bertz CT molecular complexity index is 112. The van der Waals surface area contributed by atoms with Gasteiger partial charge in [0.05, 0.1) is 7.57 Å². The fraction of sp³-hybridized carbons (Fsp3) is 0. The molecule has 5 heavy (non-hydrogen) atoms. The molecular formula is C2H3N3. The summed E-state index contributed by atoms with van der Waals surface area (Å²) in [5.74, 6) is 0. The molecule has 0 aliphatic heterocycles. The summed E-state index contributed by atoms with van der Waals surface area (Å²) in [6.45, 7) is 0. The summed E-state index contributed by atoms with van der Waals surface area (Å²) < 4.78 is 6.69. The van der Waals surface area contributed by atoms with Crippen LogP contribution < -0.4 is 0 Å². The maximum Gasteiger partial charge on any atom is 0.0851 e. The highest BCUT2D eigenvalue weighted by Gasteiger charge is 1.57. The summed E-state index contributed by atoms with van der Waals surface area (Å²) in [7, 11) is 0. The number of H-pyrrole nitrogens is 1. The average molecular weight is 71.1 g/mol. The Morgan fingerprint density at radius 1 is 2.00 bits per heavy atom. The Kier molecular flexibility index (Phi) is 0.259. The van der Waals surface area contributed by atoms with E-state index in [4.69, 9.17) is 1.37 Å². The minimum atomic E-state index is 0.245. The number of aromatic amines is 1. The first-order valence-corrected chi connectivity index (χ1v) is 1.22. The van der Waals surface area contributed by atoms with Crippen LogP contribution in [-0.4, -0.2) is 15.4 Å². The van der Waals surface area contributed by atoms with E-state index >= 15 is 0 Å². The molecule has 3 nitrogen and oxygen atoms in total. The molecule has 0 saturated heterocycles. The van der Waals surface area contributed by atoms with E-state index in [0.717, 1.165) is 0 Å². The van der Waals surface area contributed by atoms with Crippen LogP contribution in [0.5, 0.6) is 0 Å². The van der Waals surface area contributed by atoms with Gasteiger partial charge in [-0.3, -0.25) is 5.10 Å². The second-order valence-electron chi connectivity index (χ2n) is 0.601. The van der Waals surface area contributed by atoms with Gasteiger partial charge < -0.3 is 0 Å². The third kappa shape index (κ3) is 0.238. The van der Waals surface area contributed by atoms with Crippen LogP contribution >= 0.6 is 0 Å². The van der Waals surface area contributed by atoms with Crippen molar-refractivity contribution in [2.45, 2.75) is 0 Å². The lowest BCUT2D eigenvalue weighted by atomic mass is 11.0. The lowest BCUT2D eigenvalue weighted by Gasteiger charge is -1.46. The minimum absolute atomic E-state index is 0.245. The molecule has 1 heterocycles. The number of aromatic nitrogens is 3. The molecule has 0 aliphatic carbocycles. The van der Waals surface area contributed by atoms with Crippen molar-refractivity contribution in [3.63, 3.8) is 0 Å². The summed E-state index contributed by atoms with van der Waals surface area (Å²) in [6, 6.07) is 0. The SMILES string of the molecule is [3H]c1cnn[nH]1. The van der Waals surface area contributed by atoms with E-state index in [2.05, 4.69) is 15.4 Å². The van der Waals surface area contributed by atoms with Gasteiger partial charge in [-0.1, -0.05) is 5.21 Å². The van der Waals surface area contributed by atoms with Crippen molar-refractivity contribution in [2.24, 2.45) is 0 Å². The zero-order chi connectivity index (χ0) is 4.41. The molecule has 1 rings (SSSR count). The van der Waals surface area contributed by atoms with E-state index in [9.17, 15) is 0 Å². The van der Waals surface area contributed by atoms with E-state index in [1.807, 2.05) is 0 Å². The molecule has 3 heteroatoms. The van der Waals surface area contributed by atoms with E-state index in [0.29, 0.717) is 0 Å². The second kappa shape index (κ2) is 0.839. The van der Waals surface area contributed by atoms with Crippen molar-refractivity contribution in [3.8, 4) is 0 Å². The summed E-state index contributed by atoms with van der Waals surface area (Å²) in [6.07, 6.45) is 1.58. The number of nitrogens with one attached hydrogen (secondary N) is 1. The highest BCUT2D eigenvalue weighted by Crippen LogP contribution is 1.55. The topological polar surface area (TPSA) is 41.6 Å². The molecule has 0 amide bonds. The molecular weight excluding hydrogens is 66.0 g/mol. The first kappa shape index (κ1) is 1.55. The number of hydrogen-bond acceptors (Lipinski definition) is 2. The van der Waals surface area contributed by atoms with Crippen LogP contribution in [-0.2, 0) is 0 Å². The van der Waals surface area contributed by atoms with Crippen LogP contribution in [0.2, 0.25) is 0 Å². The van der Waals surface area contributed by atoms with Crippen LogP contribution in [0.25, 0.3) is 0 Å². The van der Waals surface area contributed by atoms with Crippen molar-refractivity contribution < 1.29 is 1.37 Å². The van der Waals surface area contributed by atoms with Gasteiger partial charge in [0.25, 0.3) is 0 Å². The van der Waals surface area contributed by atoms with Crippen molar-refractivity contribution in [1.29, 1.82) is 0 Å². The van der Waals surface area contributed by atoms with Gasteiger partial charge in [0, 0.05) is 6.17 Å². The Labute approximate surface area is 30.4 Å². The largest absolute Gasteiger partial charge is 0.266 e.